The molecule has 7 heteroatoms. The molecule has 1 saturated heterocycles. The number of ether oxygens (including phenoxy) is 1. The third-order valence-electron chi connectivity index (χ3n) is 6.71. The molecule has 1 aliphatic rings. The average Bonchev–Trinajstić information content (AvgIpc) is 2.91. The maximum absolute atomic E-state index is 12.5. The summed E-state index contributed by atoms with van der Waals surface area (Å²) in [5, 5.41) is 14.3. The Morgan fingerprint density at radius 2 is 1.61 bits per heavy atom. The Labute approximate surface area is 226 Å². The van der Waals surface area contributed by atoms with Crippen LogP contribution in [0.2, 0.25) is 0 Å². The van der Waals surface area contributed by atoms with Crippen LogP contribution in [0.3, 0.4) is 0 Å². The lowest BCUT2D eigenvalue weighted by molar-refractivity contribution is -0.115. The highest BCUT2D eigenvalue weighted by Crippen LogP contribution is 2.32. The molecule has 4 aromatic carbocycles. The highest BCUT2D eigenvalue weighted by Gasteiger charge is 2.18. The molecule has 1 amide bonds. The van der Waals surface area contributed by atoms with E-state index in [-0.39, 0.29) is 24.0 Å². The zero-order valence-electron chi connectivity index (χ0n) is 21.2. The van der Waals surface area contributed by atoms with Crippen molar-refractivity contribution < 1.29 is 19.4 Å². The number of benzene rings is 4. The van der Waals surface area contributed by atoms with E-state index in [1.807, 2.05) is 24.3 Å². The van der Waals surface area contributed by atoms with Gasteiger partial charge in [0.05, 0.1) is 17.7 Å². The number of fused-ring (bicyclic) bond motifs is 1. The van der Waals surface area contributed by atoms with Crippen molar-refractivity contribution >= 4 is 40.1 Å². The number of nitrogens with one attached hydrogen (secondary N) is 1. The minimum Gasteiger partial charge on any atom is -0.490 e. The van der Waals surface area contributed by atoms with Gasteiger partial charge in [-0.3, -0.25) is 4.79 Å². The summed E-state index contributed by atoms with van der Waals surface area (Å²) in [6.45, 7) is 2.16. The van der Waals surface area contributed by atoms with E-state index in [1.54, 1.807) is 30.0 Å². The third-order valence-corrected chi connectivity index (χ3v) is 7.70. The second-order valence-corrected chi connectivity index (χ2v) is 10.8. The number of carbonyl (C=O) groups excluding carboxylic acids is 1. The molecule has 0 aliphatic carbocycles. The van der Waals surface area contributed by atoms with E-state index in [2.05, 4.69) is 53.7 Å². The van der Waals surface area contributed by atoms with Crippen LogP contribution < -0.4 is 10.1 Å². The molecule has 1 fully saturated rings. The maximum atomic E-state index is 12.5. The van der Waals surface area contributed by atoms with Crippen LogP contribution in [0.25, 0.3) is 10.8 Å². The lowest BCUT2D eigenvalue weighted by atomic mass is 10.1. The molecule has 0 saturated carbocycles. The molecule has 194 valence electrons. The molecule has 6 nitrogen and oxygen atoms in total. The van der Waals surface area contributed by atoms with E-state index in [4.69, 9.17) is 4.74 Å². The third kappa shape index (κ3) is 6.54. The van der Waals surface area contributed by atoms with Gasteiger partial charge in [0.25, 0.3) is 0 Å². The first-order valence-electron chi connectivity index (χ1n) is 12.7. The number of rotatable bonds is 8. The minimum atomic E-state index is -1.07. The number of para-hydroxylation sites is 1. The second-order valence-electron chi connectivity index (χ2n) is 9.61. The van der Waals surface area contributed by atoms with Crippen molar-refractivity contribution in [3.8, 4) is 5.75 Å². The molecular formula is C31H30N2O4S. The fraction of sp³-hybridized carbons (Fsp3) is 0.226. The number of hydrogen-bond donors (Lipinski definition) is 2. The molecule has 0 bridgehead atoms. The summed E-state index contributed by atoms with van der Waals surface area (Å²) in [6, 6.07) is 27.0. The summed E-state index contributed by atoms with van der Waals surface area (Å²) in [7, 11) is 2.15. The Hall–Kier alpha value is -3.81. The smallest absolute Gasteiger partial charge is 0.337 e. The monoisotopic (exact) mass is 526 g/mol. The summed E-state index contributed by atoms with van der Waals surface area (Å²) in [5.74, 6) is -0.399. The number of amides is 1. The van der Waals surface area contributed by atoms with E-state index < -0.39 is 5.97 Å². The van der Waals surface area contributed by atoms with Crippen LogP contribution in [-0.2, 0) is 11.2 Å². The van der Waals surface area contributed by atoms with E-state index >= 15 is 0 Å². The quantitative estimate of drug-likeness (QED) is 0.279. The van der Waals surface area contributed by atoms with Gasteiger partial charge in [0.2, 0.25) is 5.91 Å². The Balaban J connectivity index is 1.18. The number of piperidine rings is 1. The Morgan fingerprint density at radius 3 is 2.37 bits per heavy atom. The number of anilines is 1. The highest BCUT2D eigenvalue weighted by atomic mass is 32.2. The predicted octanol–water partition coefficient (Wildman–Crippen LogP) is 6.34. The van der Waals surface area contributed by atoms with Crippen LogP contribution in [0.15, 0.2) is 94.7 Å². The van der Waals surface area contributed by atoms with Crippen LogP contribution in [0, 0.1) is 0 Å². The molecule has 1 aliphatic heterocycles. The van der Waals surface area contributed by atoms with Gasteiger partial charge in [-0.1, -0.05) is 48.2 Å². The summed E-state index contributed by atoms with van der Waals surface area (Å²) < 4.78 is 6.24. The van der Waals surface area contributed by atoms with Crippen molar-refractivity contribution in [1.82, 2.24) is 4.90 Å². The number of carboxylic acid groups (broad SMARTS) is 1. The van der Waals surface area contributed by atoms with Gasteiger partial charge in [-0.15, -0.1) is 0 Å². The molecular weight excluding hydrogens is 496 g/mol. The SMILES string of the molecule is CN1CCC(Oc2ccc3cc(Sc4ccc(CC(=O)Nc5ccccc5C(=O)O)cc4)ccc3c2)CC1. The molecule has 0 unspecified atom stereocenters. The number of carboxylic acids is 1. The minimum absolute atomic E-state index is 0.0731. The van der Waals surface area contributed by atoms with Gasteiger partial charge in [0, 0.05) is 22.9 Å². The molecule has 0 aromatic heterocycles. The van der Waals surface area contributed by atoms with Crippen molar-refractivity contribution in [2.45, 2.75) is 35.2 Å². The molecule has 38 heavy (non-hydrogen) atoms. The standard InChI is InChI=1S/C31H30N2O4S/c1-33-16-14-24(15-17-33)37-25-10-8-23-20-27(13-9-22(23)19-25)38-26-11-6-21(7-12-26)18-30(34)32-29-5-3-2-4-28(29)31(35)36/h2-13,19-20,24H,14-18H2,1H3,(H,32,34)(H,35,36). The Morgan fingerprint density at radius 1 is 0.921 bits per heavy atom. The maximum Gasteiger partial charge on any atom is 0.337 e. The largest absolute Gasteiger partial charge is 0.490 e. The molecule has 4 aromatic rings. The first kappa shape index (κ1) is 25.8. The first-order valence-corrected chi connectivity index (χ1v) is 13.5. The van der Waals surface area contributed by atoms with Crippen LogP contribution in [0.4, 0.5) is 5.69 Å². The van der Waals surface area contributed by atoms with Gasteiger partial charge < -0.3 is 20.1 Å². The summed E-state index contributed by atoms with van der Waals surface area (Å²) >= 11 is 1.67. The highest BCUT2D eigenvalue weighted by molar-refractivity contribution is 7.99. The van der Waals surface area contributed by atoms with Crippen molar-refractivity contribution in [2.24, 2.45) is 0 Å². The van der Waals surface area contributed by atoms with E-state index in [0.29, 0.717) is 5.69 Å². The second kappa shape index (κ2) is 11.7. The molecule has 5 rings (SSSR count). The van der Waals surface area contributed by atoms with Crippen LogP contribution in [0.5, 0.6) is 5.75 Å². The summed E-state index contributed by atoms with van der Waals surface area (Å²) in [6.07, 6.45) is 2.57. The van der Waals surface area contributed by atoms with E-state index in [1.165, 1.54) is 11.5 Å². The van der Waals surface area contributed by atoms with Crippen LogP contribution >= 0.6 is 11.8 Å². The molecule has 0 atom stereocenters. The van der Waals surface area contributed by atoms with Crippen LogP contribution in [-0.4, -0.2) is 48.1 Å². The van der Waals surface area contributed by atoms with E-state index in [9.17, 15) is 14.7 Å². The zero-order valence-corrected chi connectivity index (χ0v) is 22.0. The topological polar surface area (TPSA) is 78.9 Å². The van der Waals surface area contributed by atoms with Crippen molar-refractivity contribution in [3.63, 3.8) is 0 Å². The Bertz CT molecular complexity index is 1450. The Kier molecular flexibility index (Phi) is 7.96. The molecule has 1 heterocycles. The van der Waals surface area contributed by atoms with Crippen molar-refractivity contribution in [2.75, 3.05) is 25.5 Å². The van der Waals surface area contributed by atoms with Gasteiger partial charge in [0.15, 0.2) is 0 Å². The van der Waals surface area contributed by atoms with Crippen LogP contribution in [0.1, 0.15) is 28.8 Å². The van der Waals surface area contributed by atoms with Gasteiger partial charge in [-0.05, 0) is 84.8 Å². The number of aromatic carboxylic acids is 1. The van der Waals surface area contributed by atoms with E-state index in [0.717, 1.165) is 52.4 Å². The fourth-order valence-electron chi connectivity index (χ4n) is 4.60. The predicted molar refractivity (Wildman–Crippen MR) is 151 cm³/mol. The van der Waals surface area contributed by atoms with Crippen molar-refractivity contribution in [1.29, 1.82) is 0 Å². The van der Waals surface area contributed by atoms with Gasteiger partial charge in [-0.2, -0.15) is 0 Å². The first-order chi connectivity index (χ1) is 18.4. The molecule has 2 N–H and O–H groups in total. The number of hydrogen-bond acceptors (Lipinski definition) is 5. The van der Waals surface area contributed by atoms with Gasteiger partial charge in [-0.25, -0.2) is 4.79 Å². The lowest BCUT2D eigenvalue weighted by Crippen LogP contribution is -2.35. The zero-order chi connectivity index (χ0) is 26.5. The van der Waals surface area contributed by atoms with Gasteiger partial charge >= 0.3 is 5.97 Å². The average molecular weight is 527 g/mol. The number of likely N-dealkylation sites (tertiary alicyclic amines) is 1. The van der Waals surface area contributed by atoms with Gasteiger partial charge in [0.1, 0.15) is 11.9 Å². The normalized spacial score (nSPS) is 14.3. The fourth-order valence-corrected chi connectivity index (χ4v) is 5.47. The summed E-state index contributed by atoms with van der Waals surface area (Å²) in [5.41, 5.74) is 1.23. The molecule has 0 spiro atoms. The number of nitrogens with zero attached hydrogens (tertiary/aromatic N) is 1. The van der Waals surface area contributed by atoms with Crippen molar-refractivity contribution in [3.05, 3.63) is 96.1 Å². The lowest BCUT2D eigenvalue weighted by Gasteiger charge is -2.29. The molecule has 0 radical (unpaired) electrons. The summed E-state index contributed by atoms with van der Waals surface area (Å²) in [4.78, 5) is 28.4. The number of carbonyl (C=O) groups is 2.